The molecule has 0 saturated carbocycles. The van der Waals surface area contributed by atoms with Crippen molar-refractivity contribution in [1.29, 1.82) is 0 Å². The fourth-order valence-electron chi connectivity index (χ4n) is 2.10. The zero-order chi connectivity index (χ0) is 14.4. The van der Waals surface area contributed by atoms with Crippen LogP contribution in [0.5, 0.6) is 5.75 Å². The third-order valence-corrected chi connectivity index (χ3v) is 4.24. The minimum Gasteiger partial charge on any atom is -0.492 e. The molecule has 0 unspecified atom stereocenters. The van der Waals surface area contributed by atoms with E-state index < -0.39 is 11.7 Å². The lowest BCUT2D eigenvalue weighted by atomic mass is 10.1. The summed E-state index contributed by atoms with van der Waals surface area (Å²) < 4.78 is 43.0. The van der Waals surface area contributed by atoms with Crippen LogP contribution in [0.25, 0.3) is 0 Å². The van der Waals surface area contributed by atoms with Gasteiger partial charge in [0.15, 0.2) is 0 Å². The first kappa shape index (κ1) is 15.5. The van der Waals surface area contributed by atoms with Crippen molar-refractivity contribution in [3.05, 3.63) is 29.8 Å². The van der Waals surface area contributed by atoms with Crippen molar-refractivity contribution in [2.45, 2.75) is 25.1 Å². The molecule has 2 nitrogen and oxygen atoms in total. The van der Waals surface area contributed by atoms with E-state index >= 15 is 0 Å². The third-order valence-electron chi connectivity index (χ3n) is 3.19. The zero-order valence-electron chi connectivity index (χ0n) is 11.1. The van der Waals surface area contributed by atoms with E-state index in [1.54, 1.807) is 6.07 Å². The quantitative estimate of drug-likeness (QED) is 0.840. The number of hydrogen-bond donors (Lipinski definition) is 1. The molecular weight excluding hydrogens is 287 g/mol. The van der Waals surface area contributed by atoms with Gasteiger partial charge in [0, 0.05) is 12.6 Å². The van der Waals surface area contributed by atoms with Gasteiger partial charge in [-0.3, -0.25) is 0 Å². The van der Waals surface area contributed by atoms with Gasteiger partial charge in [-0.15, -0.1) is 0 Å². The number of thioether (sulfide) groups is 1. The molecule has 0 bridgehead atoms. The summed E-state index contributed by atoms with van der Waals surface area (Å²) in [5.41, 5.74) is -0.674. The van der Waals surface area contributed by atoms with Crippen molar-refractivity contribution in [3.63, 3.8) is 0 Å². The molecule has 1 heterocycles. The molecule has 1 fully saturated rings. The van der Waals surface area contributed by atoms with E-state index in [1.165, 1.54) is 17.6 Å². The van der Waals surface area contributed by atoms with Crippen LogP contribution in [0.2, 0.25) is 0 Å². The molecule has 1 aliphatic rings. The molecule has 6 heteroatoms. The Bertz CT molecular complexity index is 419. The fraction of sp³-hybridized carbons (Fsp3) is 0.571. The summed E-state index contributed by atoms with van der Waals surface area (Å²) in [6.45, 7) is 1.04. The highest BCUT2D eigenvalue weighted by Gasteiger charge is 2.30. The zero-order valence-corrected chi connectivity index (χ0v) is 11.9. The summed E-state index contributed by atoms with van der Waals surface area (Å²) >= 11 is 1.96. The summed E-state index contributed by atoms with van der Waals surface area (Å²) in [6, 6.07) is 5.51. The first-order valence-electron chi connectivity index (χ1n) is 6.67. The van der Waals surface area contributed by atoms with Crippen LogP contribution >= 0.6 is 11.8 Å². The van der Waals surface area contributed by atoms with Crippen LogP contribution in [0.1, 0.15) is 18.4 Å². The maximum absolute atomic E-state index is 12.5. The predicted octanol–water partition coefficient (Wildman–Crippen LogP) is 3.57. The number of nitrogens with one attached hydrogen (secondary N) is 1. The highest BCUT2D eigenvalue weighted by molar-refractivity contribution is 7.99. The van der Waals surface area contributed by atoms with Gasteiger partial charge in [-0.1, -0.05) is 6.07 Å². The largest absolute Gasteiger partial charge is 0.492 e. The average Bonchev–Trinajstić information content (AvgIpc) is 2.44. The molecule has 1 aromatic carbocycles. The summed E-state index contributed by atoms with van der Waals surface area (Å²) in [7, 11) is 0. The number of rotatable bonds is 5. The van der Waals surface area contributed by atoms with E-state index in [0.717, 1.165) is 25.0 Å². The monoisotopic (exact) mass is 305 g/mol. The second-order valence-corrected chi connectivity index (χ2v) is 5.94. The molecule has 1 aliphatic heterocycles. The number of hydrogen-bond acceptors (Lipinski definition) is 3. The van der Waals surface area contributed by atoms with Crippen LogP contribution < -0.4 is 10.1 Å². The molecule has 0 spiro atoms. The maximum Gasteiger partial charge on any atom is 0.416 e. The number of ether oxygens (including phenoxy) is 1. The second-order valence-electron chi connectivity index (χ2n) is 4.71. The molecule has 1 saturated heterocycles. The Balaban J connectivity index is 1.73. The van der Waals surface area contributed by atoms with E-state index in [-0.39, 0.29) is 5.75 Å². The molecule has 0 atom stereocenters. The van der Waals surface area contributed by atoms with Crippen molar-refractivity contribution in [2.75, 3.05) is 24.7 Å². The van der Waals surface area contributed by atoms with Crippen molar-refractivity contribution in [3.8, 4) is 5.75 Å². The topological polar surface area (TPSA) is 21.3 Å². The van der Waals surface area contributed by atoms with Gasteiger partial charge in [-0.2, -0.15) is 24.9 Å². The van der Waals surface area contributed by atoms with Crippen LogP contribution in [0.15, 0.2) is 24.3 Å². The van der Waals surface area contributed by atoms with E-state index in [2.05, 4.69) is 5.32 Å². The van der Waals surface area contributed by atoms with Crippen molar-refractivity contribution in [1.82, 2.24) is 5.32 Å². The van der Waals surface area contributed by atoms with Crippen LogP contribution in [-0.2, 0) is 6.18 Å². The van der Waals surface area contributed by atoms with Gasteiger partial charge in [-0.25, -0.2) is 0 Å². The summed E-state index contributed by atoms with van der Waals surface area (Å²) in [4.78, 5) is 0. The van der Waals surface area contributed by atoms with Crippen LogP contribution in [0, 0.1) is 0 Å². The molecule has 0 aliphatic carbocycles. The van der Waals surface area contributed by atoms with Gasteiger partial charge in [-0.05, 0) is 42.5 Å². The SMILES string of the molecule is FC(F)(F)c1cccc(OCCNC2CCSCC2)c1. The number of benzene rings is 1. The summed E-state index contributed by atoms with van der Waals surface area (Å²) in [5.74, 6) is 2.61. The lowest BCUT2D eigenvalue weighted by Crippen LogP contribution is -2.35. The number of halogens is 3. The van der Waals surface area contributed by atoms with E-state index in [9.17, 15) is 13.2 Å². The molecular formula is C14H18F3NOS. The smallest absolute Gasteiger partial charge is 0.416 e. The first-order valence-corrected chi connectivity index (χ1v) is 7.82. The molecule has 0 amide bonds. The van der Waals surface area contributed by atoms with Gasteiger partial charge in [0.05, 0.1) is 5.56 Å². The molecule has 1 aromatic rings. The summed E-state index contributed by atoms with van der Waals surface area (Å²) in [5, 5.41) is 3.38. The maximum atomic E-state index is 12.5. The van der Waals surface area contributed by atoms with E-state index in [1.807, 2.05) is 11.8 Å². The molecule has 0 radical (unpaired) electrons. The van der Waals surface area contributed by atoms with Crippen LogP contribution in [0.4, 0.5) is 13.2 Å². The molecule has 1 N–H and O–H groups in total. The van der Waals surface area contributed by atoms with Gasteiger partial charge in [0.1, 0.15) is 12.4 Å². The normalized spacial score (nSPS) is 17.1. The Morgan fingerprint density at radius 1 is 1.25 bits per heavy atom. The van der Waals surface area contributed by atoms with Crippen molar-refractivity contribution in [2.24, 2.45) is 0 Å². The van der Waals surface area contributed by atoms with Crippen LogP contribution in [0.3, 0.4) is 0 Å². The van der Waals surface area contributed by atoms with Gasteiger partial charge in [0.2, 0.25) is 0 Å². The Hall–Kier alpha value is -0.880. The minimum atomic E-state index is -4.32. The van der Waals surface area contributed by atoms with Gasteiger partial charge >= 0.3 is 6.18 Å². The molecule has 2 rings (SSSR count). The lowest BCUT2D eigenvalue weighted by molar-refractivity contribution is -0.137. The van der Waals surface area contributed by atoms with Crippen molar-refractivity contribution >= 4 is 11.8 Å². The average molecular weight is 305 g/mol. The standard InChI is InChI=1S/C14H18F3NOS/c15-14(16,17)11-2-1-3-13(10-11)19-7-6-18-12-4-8-20-9-5-12/h1-3,10,12,18H,4-9H2. The molecule has 0 aromatic heterocycles. The minimum absolute atomic E-state index is 0.265. The fourth-order valence-corrected chi connectivity index (χ4v) is 3.20. The molecule has 20 heavy (non-hydrogen) atoms. The first-order chi connectivity index (χ1) is 9.55. The number of alkyl halides is 3. The summed E-state index contributed by atoms with van der Waals surface area (Å²) in [6.07, 6.45) is -2.03. The van der Waals surface area contributed by atoms with Crippen LogP contribution in [-0.4, -0.2) is 30.7 Å². The van der Waals surface area contributed by atoms with E-state index in [4.69, 9.17) is 4.74 Å². The van der Waals surface area contributed by atoms with E-state index in [0.29, 0.717) is 19.2 Å². The Labute approximate surface area is 121 Å². The molecule has 112 valence electrons. The second kappa shape index (κ2) is 7.22. The predicted molar refractivity (Wildman–Crippen MR) is 75.3 cm³/mol. The highest BCUT2D eigenvalue weighted by atomic mass is 32.2. The van der Waals surface area contributed by atoms with Gasteiger partial charge < -0.3 is 10.1 Å². The Kier molecular flexibility index (Phi) is 5.60. The Morgan fingerprint density at radius 3 is 2.70 bits per heavy atom. The van der Waals surface area contributed by atoms with Gasteiger partial charge in [0.25, 0.3) is 0 Å². The Morgan fingerprint density at radius 2 is 2.00 bits per heavy atom. The van der Waals surface area contributed by atoms with Crippen molar-refractivity contribution < 1.29 is 17.9 Å². The third kappa shape index (κ3) is 4.90. The highest BCUT2D eigenvalue weighted by Crippen LogP contribution is 2.31. The lowest BCUT2D eigenvalue weighted by Gasteiger charge is -2.22.